The third kappa shape index (κ3) is 3.15. The lowest BCUT2D eigenvalue weighted by Gasteiger charge is -2.11. The topological polar surface area (TPSA) is 86.1 Å². The highest BCUT2D eigenvalue weighted by Gasteiger charge is 2.15. The van der Waals surface area contributed by atoms with E-state index in [9.17, 15) is 9.59 Å². The van der Waals surface area contributed by atoms with E-state index in [1.807, 2.05) is 13.8 Å². The van der Waals surface area contributed by atoms with Crippen LogP contribution < -0.4 is 5.32 Å². The first-order valence-corrected chi connectivity index (χ1v) is 8.25. The molecule has 7 heteroatoms. The zero-order valence-corrected chi connectivity index (χ0v) is 15.1. The number of hydrogen-bond acceptors (Lipinski definition) is 5. The maximum atomic E-state index is 12.6. The van der Waals surface area contributed by atoms with Gasteiger partial charge in [-0.15, -0.1) is 0 Å². The summed E-state index contributed by atoms with van der Waals surface area (Å²) in [4.78, 5) is 28.8. The standard InChI is InChI=1S/C19H20N4O3/c1-11(2)23-17-13(10-21-23)8-14(9-20-17)18(24)22-16-7-5-6-15(12(16)3)19(25)26-4/h5-11H,1-4H3,(H,22,24). The van der Waals surface area contributed by atoms with Gasteiger partial charge in [-0.1, -0.05) is 6.07 Å². The fourth-order valence-electron chi connectivity index (χ4n) is 2.74. The van der Waals surface area contributed by atoms with Crippen molar-refractivity contribution in [2.24, 2.45) is 0 Å². The minimum absolute atomic E-state index is 0.184. The monoisotopic (exact) mass is 352 g/mol. The summed E-state index contributed by atoms with van der Waals surface area (Å²) < 4.78 is 6.57. The summed E-state index contributed by atoms with van der Waals surface area (Å²) in [6, 6.07) is 7.03. The smallest absolute Gasteiger partial charge is 0.338 e. The quantitative estimate of drug-likeness (QED) is 0.728. The molecular formula is C19H20N4O3. The highest BCUT2D eigenvalue weighted by Crippen LogP contribution is 2.21. The van der Waals surface area contributed by atoms with E-state index in [1.165, 1.54) is 13.3 Å². The first kappa shape index (κ1) is 17.6. The van der Waals surface area contributed by atoms with E-state index in [-0.39, 0.29) is 11.9 Å². The fourth-order valence-corrected chi connectivity index (χ4v) is 2.74. The second-order valence-corrected chi connectivity index (χ2v) is 6.24. The van der Waals surface area contributed by atoms with Crippen molar-refractivity contribution in [2.45, 2.75) is 26.8 Å². The molecule has 0 bridgehead atoms. The minimum Gasteiger partial charge on any atom is -0.465 e. The fraction of sp³-hybridized carbons (Fsp3) is 0.263. The number of methoxy groups -OCH3 is 1. The third-order valence-corrected chi connectivity index (χ3v) is 4.17. The average molecular weight is 352 g/mol. The number of rotatable bonds is 4. The zero-order chi connectivity index (χ0) is 18.8. The van der Waals surface area contributed by atoms with Gasteiger partial charge in [0.25, 0.3) is 5.91 Å². The van der Waals surface area contributed by atoms with E-state index < -0.39 is 5.97 Å². The number of pyridine rings is 1. The molecule has 134 valence electrons. The van der Waals surface area contributed by atoms with Crippen LogP contribution in [0.4, 0.5) is 5.69 Å². The number of ether oxygens (including phenoxy) is 1. The Kier molecular flexibility index (Phi) is 4.71. The number of esters is 1. The van der Waals surface area contributed by atoms with Gasteiger partial charge in [0.1, 0.15) is 0 Å². The van der Waals surface area contributed by atoms with Crippen LogP contribution in [0.15, 0.2) is 36.7 Å². The van der Waals surface area contributed by atoms with Crippen LogP contribution in [-0.4, -0.2) is 33.8 Å². The van der Waals surface area contributed by atoms with Crippen LogP contribution in [0.25, 0.3) is 11.0 Å². The number of carbonyl (C=O) groups is 2. The molecule has 0 saturated carbocycles. The van der Waals surface area contributed by atoms with Crippen molar-refractivity contribution in [3.63, 3.8) is 0 Å². The number of carbonyl (C=O) groups excluding carboxylic acids is 2. The average Bonchev–Trinajstić information content (AvgIpc) is 3.06. The van der Waals surface area contributed by atoms with Crippen LogP contribution in [0.2, 0.25) is 0 Å². The summed E-state index contributed by atoms with van der Waals surface area (Å²) in [5.41, 5.74) is 2.77. The lowest BCUT2D eigenvalue weighted by molar-refractivity contribution is 0.0599. The van der Waals surface area contributed by atoms with Crippen molar-refractivity contribution in [3.05, 3.63) is 53.3 Å². The summed E-state index contributed by atoms with van der Waals surface area (Å²) >= 11 is 0. The second kappa shape index (κ2) is 6.95. The second-order valence-electron chi connectivity index (χ2n) is 6.24. The highest BCUT2D eigenvalue weighted by atomic mass is 16.5. The van der Waals surface area contributed by atoms with Crippen molar-refractivity contribution in [3.8, 4) is 0 Å². The van der Waals surface area contributed by atoms with Crippen LogP contribution in [0.5, 0.6) is 0 Å². The van der Waals surface area contributed by atoms with Crippen LogP contribution in [-0.2, 0) is 4.74 Å². The number of nitrogens with zero attached hydrogens (tertiary/aromatic N) is 3. The molecule has 1 aromatic carbocycles. The number of anilines is 1. The molecule has 0 spiro atoms. The normalized spacial score (nSPS) is 11.0. The molecule has 2 heterocycles. The van der Waals surface area contributed by atoms with Gasteiger partial charge in [-0.2, -0.15) is 5.10 Å². The van der Waals surface area contributed by atoms with Gasteiger partial charge in [-0.25, -0.2) is 14.5 Å². The Morgan fingerprint density at radius 3 is 2.69 bits per heavy atom. The molecule has 3 aromatic rings. The Labute approximate surface area is 151 Å². The summed E-state index contributed by atoms with van der Waals surface area (Å²) in [6.07, 6.45) is 3.22. The maximum absolute atomic E-state index is 12.6. The van der Waals surface area contributed by atoms with Crippen LogP contribution in [0, 0.1) is 6.92 Å². The number of fused-ring (bicyclic) bond motifs is 1. The van der Waals surface area contributed by atoms with Crippen LogP contribution in [0.3, 0.4) is 0 Å². The number of aromatic nitrogens is 3. The molecular weight excluding hydrogens is 332 g/mol. The Bertz CT molecular complexity index is 992. The van der Waals surface area contributed by atoms with E-state index >= 15 is 0 Å². The molecule has 7 nitrogen and oxygen atoms in total. The highest BCUT2D eigenvalue weighted by molar-refractivity contribution is 6.06. The van der Waals surface area contributed by atoms with Gasteiger partial charge >= 0.3 is 5.97 Å². The molecule has 0 aliphatic carbocycles. The van der Waals surface area contributed by atoms with Crippen molar-refractivity contribution in [1.82, 2.24) is 14.8 Å². The summed E-state index contributed by atoms with van der Waals surface area (Å²) in [5, 5.41) is 7.93. The Balaban J connectivity index is 1.89. The molecule has 0 aliphatic rings. The van der Waals surface area contributed by atoms with Crippen LogP contribution in [0.1, 0.15) is 46.2 Å². The van der Waals surface area contributed by atoms with E-state index in [4.69, 9.17) is 4.74 Å². The van der Waals surface area contributed by atoms with Gasteiger partial charge in [0.2, 0.25) is 0 Å². The molecule has 3 rings (SSSR count). The predicted molar refractivity (Wildman–Crippen MR) is 98.4 cm³/mol. The lowest BCUT2D eigenvalue weighted by atomic mass is 10.1. The molecule has 1 N–H and O–H groups in total. The predicted octanol–water partition coefficient (Wildman–Crippen LogP) is 3.36. The molecule has 2 aromatic heterocycles. The molecule has 0 aliphatic heterocycles. The van der Waals surface area contributed by atoms with Gasteiger partial charge in [0, 0.05) is 23.3 Å². The van der Waals surface area contributed by atoms with E-state index in [0.29, 0.717) is 22.4 Å². The SMILES string of the molecule is COC(=O)c1cccc(NC(=O)c2cnc3c(cnn3C(C)C)c2)c1C. The van der Waals surface area contributed by atoms with E-state index in [2.05, 4.69) is 15.4 Å². The molecule has 0 fully saturated rings. The Hall–Kier alpha value is -3.22. The van der Waals surface area contributed by atoms with Crippen molar-refractivity contribution in [1.29, 1.82) is 0 Å². The first-order chi connectivity index (χ1) is 12.4. The molecule has 0 saturated heterocycles. The minimum atomic E-state index is -0.442. The van der Waals surface area contributed by atoms with Gasteiger partial charge in [-0.3, -0.25) is 4.79 Å². The van der Waals surface area contributed by atoms with Gasteiger partial charge in [0.15, 0.2) is 5.65 Å². The molecule has 1 amide bonds. The molecule has 0 unspecified atom stereocenters. The van der Waals surface area contributed by atoms with Gasteiger partial charge in [0.05, 0.1) is 24.4 Å². The molecule has 0 atom stereocenters. The zero-order valence-electron chi connectivity index (χ0n) is 15.1. The largest absolute Gasteiger partial charge is 0.465 e. The number of nitrogens with one attached hydrogen (secondary N) is 1. The van der Waals surface area contributed by atoms with E-state index in [1.54, 1.807) is 42.1 Å². The summed E-state index contributed by atoms with van der Waals surface area (Å²) in [7, 11) is 1.32. The first-order valence-electron chi connectivity index (χ1n) is 8.25. The molecule has 0 radical (unpaired) electrons. The third-order valence-electron chi connectivity index (χ3n) is 4.17. The number of hydrogen-bond donors (Lipinski definition) is 1. The van der Waals surface area contributed by atoms with Crippen molar-refractivity contribution in [2.75, 3.05) is 12.4 Å². The summed E-state index contributed by atoms with van der Waals surface area (Å²) in [6.45, 7) is 5.80. The van der Waals surface area contributed by atoms with Crippen molar-refractivity contribution < 1.29 is 14.3 Å². The Morgan fingerprint density at radius 1 is 1.23 bits per heavy atom. The van der Waals surface area contributed by atoms with Crippen molar-refractivity contribution >= 4 is 28.6 Å². The molecule has 26 heavy (non-hydrogen) atoms. The Morgan fingerprint density at radius 2 is 2.00 bits per heavy atom. The number of benzene rings is 1. The lowest BCUT2D eigenvalue weighted by Crippen LogP contribution is -2.15. The van der Waals surface area contributed by atoms with Gasteiger partial charge < -0.3 is 10.1 Å². The van der Waals surface area contributed by atoms with Crippen LogP contribution >= 0.6 is 0 Å². The van der Waals surface area contributed by atoms with Gasteiger partial charge in [-0.05, 0) is 44.5 Å². The number of amides is 1. The van der Waals surface area contributed by atoms with E-state index in [0.717, 1.165) is 11.0 Å². The maximum Gasteiger partial charge on any atom is 0.338 e. The summed E-state index contributed by atoms with van der Waals surface area (Å²) in [5.74, 6) is -0.746.